The van der Waals surface area contributed by atoms with Crippen LogP contribution in [0.2, 0.25) is 0 Å². The van der Waals surface area contributed by atoms with Crippen LogP contribution in [-0.4, -0.2) is 36.1 Å². The molecule has 1 heterocycles. The van der Waals surface area contributed by atoms with Gasteiger partial charge in [0.2, 0.25) is 0 Å². The molecule has 1 fully saturated rings. The Kier molecular flexibility index (Phi) is 6.65. The van der Waals surface area contributed by atoms with Gasteiger partial charge in [0.25, 0.3) is 0 Å². The number of rotatable bonds is 6. The summed E-state index contributed by atoms with van der Waals surface area (Å²) in [6.07, 6.45) is 4.00. The molecule has 0 bridgehead atoms. The summed E-state index contributed by atoms with van der Waals surface area (Å²) in [7, 11) is 0. The molecule has 3 unspecified atom stereocenters. The van der Waals surface area contributed by atoms with Crippen LogP contribution < -0.4 is 5.32 Å². The maximum absolute atomic E-state index is 3.71. The Bertz CT molecular complexity index is 225. The van der Waals surface area contributed by atoms with Gasteiger partial charge in [-0.05, 0) is 44.9 Å². The predicted molar refractivity (Wildman–Crippen MR) is 80.9 cm³/mol. The quantitative estimate of drug-likeness (QED) is 0.780. The molecule has 1 N–H and O–H groups in total. The van der Waals surface area contributed by atoms with Crippen molar-refractivity contribution in [3.63, 3.8) is 0 Å². The third-order valence-corrected chi connectivity index (χ3v) is 4.18. The lowest BCUT2D eigenvalue weighted by atomic mass is 9.97. The highest BCUT2D eigenvalue weighted by Crippen LogP contribution is 2.19. The van der Waals surface area contributed by atoms with E-state index in [1.54, 1.807) is 0 Å². The second kappa shape index (κ2) is 7.49. The van der Waals surface area contributed by atoms with Crippen LogP contribution in [0.5, 0.6) is 0 Å². The first kappa shape index (κ1) is 16.0. The molecule has 1 saturated heterocycles. The highest BCUT2D eigenvalue weighted by molar-refractivity contribution is 4.87. The Labute approximate surface area is 115 Å². The third kappa shape index (κ3) is 5.27. The average Bonchev–Trinajstić information content (AvgIpc) is 2.28. The largest absolute Gasteiger partial charge is 0.311 e. The molecule has 1 rings (SSSR count). The first-order valence-electron chi connectivity index (χ1n) is 7.89. The summed E-state index contributed by atoms with van der Waals surface area (Å²) < 4.78 is 0. The number of nitrogens with zero attached hydrogens (tertiary/aromatic N) is 1. The zero-order valence-corrected chi connectivity index (χ0v) is 13.4. The van der Waals surface area contributed by atoms with E-state index in [9.17, 15) is 0 Å². The fourth-order valence-electron chi connectivity index (χ4n) is 3.04. The smallest absolute Gasteiger partial charge is 0.0198 e. The van der Waals surface area contributed by atoms with E-state index in [1.165, 1.54) is 25.8 Å². The van der Waals surface area contributed by atoms with Gasteiger partial charge in [0.15, 0.2) is 0 Å². The van der Waals surface area contributed by atoms with Gasteiger partial charge in [-0.25, -0.2) is 0 Å². The summed E-state index contributed by atoms with van der Waals surface area (Å²) in [4.78, 5) is 2.73. The van der Waals surface area contributed by atoms with Crippen molar-refractivity contribution in [2.45, 2.75) is 78.9 Å². The molecule has 1 aliphatic heterocycles. The van der Waals surface area contributed by atoms with Crippen molar-refractivity contribution in [1.29, 1.82) is 0 Å². The van der Waals surface area contributed by atoms with Crippen LogP contribution in [0.25, 0.3) is 0 Å². The van der Waals surface area contributed by atoms with Gasteiger partial charge in [0, 0.05) is 31.2 Å². The number of hydrogen-bond acceptors (Lipinski definition) is 2. The van der Waals surface area contributed by atoms with Crippen LogP contribution in [0.1, 0.15) is 60.8 Å². The van der Waals surface area contributed by atoms with Crippen molar-refractivity contribution in [2.75, 3.05) is 13.1 Å². The van der Waals surface area contributed by atoms with Gasteiger partial charge in [0.1, 0.15) is 0 Å². The van der Waals surface area contributed by atoms with Gasteiger partial charge in [-0.15, -0.1) is 0 Å². The highest BCUT2D eigenvalue weighted by atomic mass is 15.2. The zero-order chi connectivity index (χ0) is 13.7. The molecule has 18 heavy (non-hydrogen) atoms. The standard InChI is InChI=1S/C16H34N2/c1-12(2)7-8-14(5)18-11-16(9-13(3)4)17-10-15(18)6/h12-17H,7-11H2,1-6H3. The zero-order valence-electron chi connectivity index (χ0n) is 13.4. The van der Waals surface area contributed by atoms with Crippen LogP contribution in [0.4, 0.5) is 0 Å². The highest BCUT2D eigenvalue weighted by Gasteiger charge is 2.28. The van der Waals surface area contributed by atoms with E-state index in [1.807, 2.05) is 0 Å². The van der Waals surface area contributed by atoms with Crippen LogP contribution in [0, 0.1) is 11.8 Å². The topological polar surface area (TPSA) is 15.3 Å². The van der Waals surface area contributed by atoms with E-state index in [2.05, 4.69) is 51.8 Å². The van der Waals surface area contributed by atoms with Crippen molar-refractivity contribution >= 4 is 0 Å². The molecular formula is C16H34N2. The minimum atomic E-state index is 0.690. The molecule has 1 aliphatic rings. The predicted octanol–water partition coefficient (Wildman–Crippen LogP) is 3.52. The number of hydrogen-bond donors (Lipinski definition) is 1. The molecule has 0 saturated carbocycles. The Hall–Kier alpha value is -0.0800. The summed E-state index contributed by atoms with van der Waals surface area (Å²) in [5.41, 5.74) is 0. The van der Waals surface area contributed by atoms with Crippen LogP contribution in [0.3, 0.4) is 0 Å². The van der Waals surface area contributed by atoms with Gasteiger partial charge >= 0.3 is 0 Å². The van der Waals surface area contributed by atoms with E-state index in [0.29, 0.717) is 12.1 Å². The minimum Gasteiger partial charge on any atom is -0.311 e. The lowest BCUT2D eigenvalue weighted by Gasteiger charge is -2.43. The van der Waals surface area contributed by atoms with E-state index in [4.69, 9.17) is 0 Å². The average molecular weight is 254 g/mol. The molecule has 0 amide bonds. The molecule has 3 atom stereocenters. The number of nitrogens with one attached hydrogen (secondary N) is 1. The molecule has 0 aromatic carbocycles. The molecule has 108 valence electrons. The first-order valence-corrected chi connectivity index (χ1v) is 7.89. The van der Waals surface area contributed by atoms with Gasteiger partial charge in [-0.1, -0.05) is 27.7 Å². The lowest BCUT2D eigenvalue weighted by molar-refractivity contribution is 0.0856. The molecule has 0 aliphatic carbocycles. The van der Waals surface area contributed by atoms with Crippen molar-refractivity contribution in [3.05, 3.63) is 0 Å². The summed E-state index contributed by atoms with van der Waals surface area (Å²) in [5.74, 6) is 1.63. The maximum atomic E-state index is 3.71. The van der Waals surface area contributed by atoms with Crippen molar-refractivity contribution < 1.29 is 0 Å². The normalized spacial score (nSPS) is 28.0. The van der Waals surface area contributed by atoms with Gasteiger partial charge in [0.05, 0.1) is 0 Å². The van der Waals surface area contributed by atoms with Crippen molar-refractivity contribution in [1.82, 2.24) is 10.2 Å². The van der Waals surface area contributed by atoms with E-state index < -0.39 is 0 Å². The van der Waals surface area contributed by atoms with Gasteiger partial charge in [-0.3, -0.25) is 4.90 Å². The lowest BCUT2D eigenvalue weighted by Crippen LogP contribution is -2.58. The van der Waals surface area contributed by atoms with Crippen LogP contribution in [-0.2, 0) is 0 Å². The molecule has 0 radical (unpaired) electrons. The van der Waals surface area contributed by atoms with Crippen LogP contribution >= 0.6 is 0 Å². The minimum absolute atomic E-state index is 0.690. The summed E-state index contributed by atoms with van der Waals surface area (Å²) >= 11 is 0. The molecule has 0 aromatic rings. The van der Waals surface area contributed by atoms with Gasteiger partial charge in [-0.2, -0.15) is 0 Å². The summed E-state index contributed by atoms with van der Waals surface area (Å²) in [6, 6.07) is 2.12. The van der Waals surface area contributed by atoms with Gasteiger partial charge < -0.3 is 5.32 Å². The maximum Gasteiger partial charge on any atom is 0.0198 e. The molecule has 2 nitrogen and oxygen atoms in total. The first-order chi connectivity index (χ1) is 8.40. The fraction of sp³-hybridized carbons (Fsp3) is 1.00. The second-order valence-corrected chi connectivity index (χ2v) is 7.10. The Balaban J connectivity index is 2.45. The van der Waals surface area contributed by atoms with E-state index >= 15 is 0 Å². The Morgan fingerprint density at radius 3 is 2.28 bits per heavy atom. The van der Waals surface area contributed by atoms with Crippen molar-refractivity contribution in [2.24, 2.45) is 11.8 Å². The van der Waals surface area contributed by atoms with E-state index in [0.717, 1.165) is 24.4 Å². The molecular weight excluding hydrogens is 220 g/mol. The monoisotopic (exact) mass is 254 g/mol. The Morgan fingerprint density at radius 2 is 1.72 bits per heavy atom. The summed E-state index contributed by atoms with van der Waals surface area (Å²) in [5, 5.41) is 3.71. The molecule has 2 heteroatoms. The SMILES string of the molecule is CC(C)CCC(C)N1CC(CC(C)C)NCC1C. The third-order valence-electron chi connectivity index (χ3n) is 4.18. The Morgan fingerprint density at radius 1 is 1.06 bits per heavy atom. The second-order valence-electron chi connectivity index (χ2n) is 7.10. The fourth-order valence-corrected chi connectivity index (χ4v) is 3.04. The van der Waals surface area contributed by atoms with Crippen LogP contribution in [0.15, 0.2) is 0 Å². The molecule has 0 spiro atoms. The molecule has 0 aromatic heterocycles. The van der Waals surface area contributed by atoms with E-state index in [-0.39, 0.29) is 0 Å². The number of piperazine rings is 1. The van der Waals surface area contributed by atoms with Crippen molar-refractivity contribution in [3.8, 4) is 0 Å². The summed E-state index contributed by atoms with van der Waals surface area (Å²) in [6.45, 7) is 16.5.